The van der Waals surface area contributed by atoms with Gasteiger partial charge in [-0.05, 0) is 29.8 Å². The Kier molecular flexibility index (Phi) is 6.36. The van der Waals surface area contributed by atoms with Crippen LogP contribution in [0, 0.1) is 0 Å². The number of likely N-dealkylation sites (N-methyl/N-ethyl adjacent to an activating group) is 1. The summed E-state index contributed by atoms with van der Waals surface area (Å²) in [6, 6.07) is 10.1. The van der Waals surface area contributed by atoms with E-state index in [0.29, 0.717) is 16.6 Å². The summed E-state index contributed by atoms with van der Waals surface area (Å²) in [5, 5.41) is 2.68. The second kappa shape index (κ2) is 8.09. The van der Waals surface area contributed by atoms with E-state index < -0.39 is 15.9 Å². The topological polar surface area (TPSA) is 75.7 Å². The van der Waals surface area contributed by atoms with Gasteiger partial charge < -0.3 is 10.1 Å². The van der Waals surface area contributed by atoms with Gasteiger partial charge in [0, 0.05) is 19.8 Å². The van der Waals surface area contributed by atoms with Gasteiger partial charge in [-0.1, -0.05) is 23.7 Å². The number of benzene rings is 1. The Balaban J connectivity index is 2.02. The SMILES string of the molecule is COCc1cccc(NC(=O)CN(C)S(=O)(=O)c2ccc(Cl)s2)c1. The van der Waals surface area contributed by atoms with Gasteiger partial charge in [-0.2, -0.15) is 4.31 Å². The molecule has 0 unspecified atom stereocenters. The summed E-state index contributed by atoms with van der Waals surface area (Å²) >= 11 is 6.72. The summed E-state index contributed by atoms with van der Waals surface area (Å²) in [4.78, 5) is 12.1. The summed E-state index contributed by atoms with van der Waals surface area (Å²) in [5.41, 5.74) is 1.49. The van der Waals surface area contributed by atoms with E-state index in [0.717, 1.165) is 21.2 Å². The number of carbonyl (C=O) groups is 1. The lowest BCUT2D eigenvalue weighted by molar-refractivity contribution is -0.116. The molecule has 2 rings (SSSR count). The number of hydrogen-bond donors (Lipinski definition) is 1. The number of methoxy groups -OCH3 is 1. The fraction of sp³-hybridized carbons (Fsp3) is 0.267. The zero-order chi connectivity index (χ0) is 17.7. The third kappa shape index (κ3) is 4.78. The average molecular weight is 389 g/mol. The molecule has 24 heavy (non-hydrogen) atoms. The number of carbonyl (C=O) groups excluding carboxylic acids is 1. The van der Waals surface area contributed by atoms with E-state index in [1.807, 2.05) is 6.07 Å². The molecule has 0 aliphatic carbocycles. The van der Waals surface area contributed by atoms with Crippen LogP contribution in [0.5, 0.6) is 0 Å². The van der Waals surface area contributed by atoms with Crippen molar-refractivity contribution in [3.8, 4) is 0 Å². The van der Waals surface area contributed by atoms with Crippen molar-refractivity contribution in [2.75, 3.05) is 26.0 Å². The number of amides is 1. The first-order valence-corrected chi connectivity index (χ1v) is 9.56. The normalized spacial score (nSPS) is 11.7. The minimum absolute atomic E-state index is 0.102. The van der Waals surface area contributed by atoms with E-state index in [1.165, 1.54) is 19.2 Å². The Morgan fingerprint density at radius 1 is 1.33 bits per heavy atom. The lowest BCUT2D eigenvalue weighted by atomic mass is 10.2. The Bertz CT molecular complexity index is 820. The first-order chi connectivity index (χ1) is 11.3. The fourth-order valence-corrected chi connectivity index (χ4v) is 4.80. The van der Waals surface area contributed by atoms with Crippen molar-refractivity contribution in [3.63, 3.8) is 0 Å². The van der Waals surface area contributed by atoms with Crippen LogP contribution in [0.25, 0.3) is 0 Å². The quantitative estimate of drug-likeness (QED) is 0.791. The van der Waals surface area contributed by atoms with Crippen molar-refractivity contribution < 1.29 is 17.9 Å². The Morgan fingerprint density at radius 2 is 2.08 bits per heavy atom. The molecule has 130 valence electrons. The number of rotatable bonds is 7. The van der Waals surface area contributed by atoms with E-state index in [9.17, 15) is 13.2 Å². The van der Waals surface area contributed by atoms with Gasteiger partial charge in [0.15, 0.2) is 0 Å². The van der Waals surface area contributed by atoms with Gasteiger partial charge in [-0.15, -0.1) is 11.3 Å². The molecule has 0 spiro atoms. The third-order valence-electron chi connectivity index (χ3n) is 3.10. The van der Waals surface area contributed by atoms with E-state index in [2.05, 4.69) is 5.32 Å². The molecule has 0 fully saturated rings. The largest absolute Gasteiger partial charge is 0.380 e. The summed E-state index contributed by atoms with van der Waals surface area (Å²) in [7, 11) is -0.799. The van der Waals surface area contributed by atoms with Crippen LogP contribution in [-0.2, 0) is 26.2 Å². The lowest BCUT2D eigenvalue weighted by Crippen LogP contribution is -2.34. The molecule has 1 heterocycles. The number of sulfonamides is 1. The number of nitrogens with zero attached hydrogens (tertiary/aromatic N) is 1. The number of halogens is 1. The van der Waals surface area contributed by atoms with Gasteiger partial charge in [0.25, 0.3) is 10.0 Å². The zero-order valence-electron chi connectivity index (χ0n) is 13.2. The predicted molar refractivity (Wildman–Crippen MR) is 94.9 cm³/mol. The van der Waals surface area contributed by atoms with Crippen LogP contribution in [0.15, 0.2) is 40.6 Å². The predicted octanol–water partition coefficient (Wildman–Crippen LogP) is 2.81. The van der Waals surface area contributed by atoms with Crippen molar-refractivity contribution >= 4 is 44.6 Å². The minimum Gasteiger partial charge on any atom is -0.380 e. The van der Waals surface area contributed by atoms with Gasteiger partial charge in [0.2, 0.25) is 5.91 Å². The molecule has 0 aliphatic rings. The van der Waals surface area contributed by atoms with E-state index >= 15 is 0 Å². The van der Waals surface area contributed by atoms with Gasteiger partial charge >= 0.3 is 0 Å². The minimum atomic E-state index is -3.74. The summed E-state index contributed by atoms with van der Waals surface area (Å²) in [6.45, 7) is 0.128. The van der Waals surface area contributed by atoms with E-state index in [4.69, 9.17) is 16.3 Å². The smallest absolute Gasteiger partial charge is 0.252 e. The van der Waals surface area contributed by atoms with Crippen LogP contribution in [0.4, 0.5) is 5.69 Å². The molecule has 1 N–H and O–H groups in total. The highest BCUT2D eigenvalue weighted by Crippen LogP contribution is 2.27. The van der Waals surface area contributed by atoms with Crippen molar-refractivity contribution in [3.05, 3.63) is 46.3 Å². The number of thiophene rings is 1. The molecule has 1 aromatic carbocycles. The molecule has 1 amide bonds. The van der Waals surface area contributed by atoms with Gasteiger partial charge in [0.1, 0.15) is 4.21 Å². The molecular formula is C15H17ClN2O4S2. The van der Waals surface area contributed by atoms with Crippen molar-refractivity contribution in [1.82, 2.24) is 4.31 Å². The molecule has 0 bridgehead atoms. The lowest BCUT2D eigenvalue weighted by Gasteiger charge is -2.16. The summed E-state index contributed by atoms with van der Waals surface area (Å²) in [5.74, 6) is -0.432. The number of nitrogens with one attached hydrogen (secondary N) is 1. The summed E-state index contributed by atoms with van der Waals surface area (Å²) < 4.78 is 31.2. The molecular weight excluding hydrogens is 372 g/mol. The molecule has 9 heteroatoms. The maximum Gasteiger partial charge on any atom is 0.252 e. The average Bonchev–Trinajstić information content (AvgIpc) is 2.95. The van der Waals surface area contributed by atoms with Crippen LogP contribution in [0.3, 0.4) is 0 Å². The molecule has 6 nitrogen and oxygen atoms in total. The molecule has 0 saturated carbocycles. The fourth-order valence-electron chi connectivity index (χ4n) is 1.98. The standard InChI is InChI=1S/C15H17ClN2O4S2/c1-18(24(20,21)15-7-6-13(16)23-15)9-14(19)17-12-5-3-4-11(8-12)10-22-2/h3-8H,9-10H2,1-2H3,(H,17,19). The second-order valence-electron chi connectivity index (χ2n) is 5.00. The Labute approximate surface area is 150 Å². The maximum atomic E-state index is 12.4. The number of anilines is 1. The molecule has 0 saturated heterocycles. The number of ether oxygens (including phenoxy) is 1. The van der Waals surface area contributed by atoms with Gasteiger partial charge in [-0.25, -0.2) is 8.42 Å². The second-order valence-corrected chi connectivity index (χ2v) is 8.99. The van der Waals surface area contributed by atoms with Crippen LogP contribution in [-0.4, -0.2) is 39.3 Å². The Morgan fingerprint density at radius 3 is 2.71 bits per heavy atom. The van der Waals surface area contributed by atoms with Crippen molar-refractivity contribution in [1.29, 1.82) is 0 Å². The van der Waals surface area contributed by atoms with Crippen molar-refractivity contribution in [2.45, 2.75) is 10.8 Å². The van der Waals surface area contributed by atoms with E-state index in [-0.39, 0.29) is 10.8 Å². The Hall–Kier alpha value is -1.45. The highest BCUT2D eigenvalue weighted by molar-refractivity contribution is 7.91. The molecule has 2 aromatic rings. The molecule has 1 aromatic heterocycles. The van der Waals surface area contributed by atoms with Crippen LogP contribution in [0.1, 0.15) is 5.56 Å². The van der Waals surface area contributed by atoms with Crippen LogP contribution >= 0.6 is 22.9 Å². The zero-order valence-corrected chi connectivity index (χ0v) is 15.5. The van der Waals surface area contributed by atoms with E-state index in [1.54, 1.807) is 25.3 Å². The van der Waals surface area contributed by atoms with Crippen molar-refractivity contribution in [2.24, 2.45) is 0 Å². The summed E-state index contributed by atoms with van der Waals surface area (Å²) in [6.07, 6.45) is 0. The molecule has 0 radical (unpaired) electrons. The maximum absolute atomic E-state index is 12.4. The van der Waals surface area contributed by atoms with Crippen LogP contribution in [0.2, 0.25) is 4.34 Å². The first kappa shape index (κ1) is 18.9. The van der Waals surface area contributed by atoms with Gasteiger partial charge in [-0.3, -0.25) is 4.79 Å². The molecule has 0 aliphatic heterocycles. The number of hydrogen-bond acceptors (Lipinski definition) is 5. The van der Waals surface area contributed by atoms with Gasteiger partial charge in [0.05, 0.1) is 17.5 Å². The monoisotopic (exact) mass is 388 g/mol. The third-order valence-corrected chi connectivity index (χ3v) is 6.60. The molecule has 0 atom stereocenters. The highest BCUT2D eigenvalue weighted by atomic mass is 35.5. The van der Waals surface area contributed by atoms with Crippen LogP contribution < -0.4 is 5.32 Å². The first-order valence-electron chi connectivity index (χ1n) is 6.92. The highest BCUT2D eigenvalue weighted by Gasteiger charge is 2.24.